The van der Waals surface area contributed by atoms with Gasteiger partial charge in [0, 0.05) is 6.54 Å². The Labute approximate surface area is 131 Å². The lowest BCUT2D eigenvalue weighted by Gasteiger charge is -2.19. The number of amides is 1. The molecular weight excluding hydrogens is 282 g/mol. The minimum atomic E-state index is -0.515. The summed E-state index contributed by atoms with van der Waals surface area (Å²) in [4.78, 5) is 23.0. The van der Waals surface area contributed by atoms with E-state index < -0.39 is 11.7 Å². The topological polar surface area (TPSA) is 64.6 Å². The Bertz CT molecular complexity index is 571. The van der Waals surface area contributed by atoms with Crippen LogP contribution in [0.1, 0.15) is 42.3 Å². The van der Waals surface area contributed by atoms with Gasteiger partial charge in [0.05, 0.1) is 12.7 Å². The van der Waals surface area contributed by atoms with E-state index in [1.54, 1.807) is 18.2 Å². The van der Waals surface area contributed by atoms with Crippen molar-refractivity contribution in [1.82, 2.24) is 5.32 Å². The Morgan fingerprint density at radius 1 is 1.27 bits per heavy atom. The molecule has 0 saturated heterocycles. The van der Waals surface area contributed by atoms with E-state index in [4.69, 9.17) is 9.47 Å². The van der Waals surface area contributed by atoms with Gasteiger partial charge in [-0.1, -0.05) is 18.2 Å². The summed E-state index contributed by atoms with van der Waals surface area (Å²) in [6, 6.07) is 5.33. The van der Waals surface area contributed by atoms with Crippen LogP contribution in [0.4, 0.5) is 4.79 Å². The lowest BCUT2D eigenvalue weighted by atomic mass is 10.0. The molecule has 0 fully saturated rings. The summed E-state index contributed by atoms with van der Waals surface area (Å²) in [5.74, 6) is -0.374. The third-order valence-corrected chi connectivity index (χ3v) is 2.76. The van der Waals surface area contributed by atoms with Crippen molar-refractivity contribution in [2.45, 2.75) is 33.3 Å². The molecule has 5 nitrogen and oxygen atoms in total. The fourth-order valence-electron chi connectivity index (χ4n) is 1.71. The van der Waals surface area contributed by atoms with Crippen LogP contribution in [-0.4, -0.2) is 31.3 Å². The van der Waals surface area contributed by atoms with E-state index in [2.05, 4.69) is 5.32 Å². The van der Waals surface area contributed by atoms with Gasteiger partial charge in [0.2, 0.25) is 0 Å². The molecule has 0 unspecified atom stereocenters. The predicted octanol–water partition coefficient (Wildman–Crippen LogP) is 3.32. The Kier molecular flexibility index (Phi) is 6.16. The van der Waals surface area contributed by atoms with Gasteiger partial charge in [0.15, 0.2) is 0 Å². The number of hydrogen-bond donors (Lipinski definition) is 1. The van der Waals surface area contributed by atoms with E-state index in [1.807, 2.05) is 39.8 Å². The number of hydrogen-bond acceptors (Lipinski definition) is 4. The van der Waals surface area contributed by atoms with Crippen molar-refractivity contribution in [3.8, 4) is 0 Å². The smallest absolute Gasteiger partial charge is 0.407 e. The van der Waals surface area contributed by atoms with Gasteiger partial charge in [0.1, 0.15) is 5.60 Å². The monoisotopic (exact) mass is 305 g/mol. The second kappa shape index (κ2) is 7.64. The fraction of sp³-hybridized carbons (Fsp3) is 0.412. The van der Waals surface area contributed by atoms with Gasteiger partial charge < -0.3 is 14.8 Å². The van der Waals surface area contributed by atoms with E-state index in [-0.39, 0.29) is 5.97 Å². The molecule has 5 heteroatoms. The molecule has 0 aliphatic carbocycles. The zero-order valence-corrected chi connectivity index (χ0v) is 13.7. The van der Waals surface area contributed by atoms with Crippen molar-refractivity contribution in [3.05, 3.63) is 41.0 Å². The van der Waals surface area contributed by atoms with Crippen LogP contribution in [-0.2, 0) is 9.47 Å². The number of esters is 1. The molecule has 0 atom stereocenters. The zero-order chi connectivity index (χ0) is 16.8. The molecule has 0 radical (unpaired) electrons. The zero-order valence-electron chi connectivity index (χ0n) is 13.7. The van der Waals surface area contributed by atoms with Crippen LogP contribution in [0.2, 0.25) is 0 Å². The summed E-state index contributed by atoms with van der Waals surface area (Å²) in [7, 11) is 1.35. The highest BCUT2D eigenvalue weighted by molar-refractivity contribution is 5.90. The van der Waals surface area contributed by atoms with E-state index in [1.165, 1.54) is 7.11 Å². The number of ether oxygens (including phenoxy) is 2. The van der Waals surface area contributed by atoms with Gasteiger partial charge in [-0.25, -0.2) is 9.59 Å². The molecule has 0 bridgehead atoms. The second-order valence-corrected chi connectivity index (χ2v) is 5.85. The number of alkyl carbamates (subject to hydrolysis) is 1. The van der Waals surface area contributed by atoms with Crippen LogP contribution in [0.5, 0.6) is 0 Å². The molecule has 0 heterocycles. The molecule has 1 N–H and O–H groups in total. The summed E-state index contributed by atoms with van der Waals surface area (Å²) in [6.07, 6.45) is 3.18. The minimum absolute atomic E-state index is 0.344. The highest BCUT2D eigenvalue weighted by atomic mass is 16.6. The summed E-state index contributed by atoms with van der Waals surface area (Å²) in [5, 5.41) is 2.64. The highest BCUT2D eigenvalue weighted by Crippen LogP contribution is 2.13. The van der Waals surface area contributed by atoms with Crippen LogP contribution in [0.15, 0.2) is 24.3 Å². The molecule has 22 heavy (non-hydrogen) atoms. The maximum atomic E-state index is 11.5. The van der Waals surface area contributed by atoms with E-state index in [9.17, 15) is 9.59 Å². The quantitative estimate of drug-likeness (QED) is 0.867. The minimum Gasteiger partial charge on any atom is -0.465 e. The van der Waals surface area contributed by atoms with Crippen molar-refractivity contribution >= 4 is 18.1 Å². The van der Waals surface area contributed by atoms with E-state index in [0.717, 1.165) is 11.1 Å². The molecule has 0 aromatic heterocycles. The average Bonchev–Trinajstić information content (AvgIpc) is 2.42. The predicted molar refractivity (Wildman–Crippen MR) is 85.8 cm³/mol. The van der Waals surface area contributed by atoms with Gasteiger partial charge in [-0.3, -0.25) is 0 Å². The molecule has 1 aromatic carbocycles. The fourth-order valence-corrected chi connectivity index (χ4v) is 1.71. The summed E-state index contributed by atoms with van der Waals surface area (Å²) in [6.45, 7) is 7.72. The molecule has 1 aromatic rings. The third-order valence-electron chi connectivity index (χ3n) is 2.76. The number of carbonyl (C=O) groups is 2. The van der Waals surface area contributed by atoms with Crippen LogP contribution >= 0.6 is 0 Å². The van der Waals surface area contributed by atoms with Gasteiger partial charge in [-0.05, 0) is 51.0 Å². The first-order valence-corrected chi connectivity index (χ1v) is 7.05. The first-order valence-electron chi connectivity index (χ1n) is 7.05. The summed E-state index contributed by atoms with van der Waals surface area (Å²) >= 11 is 0. The number of carbonyl (C=O) groups excluding carboxylic acids is 2. The number of methoxy groups -OCH3 is 1. The number of aryl methyl sites for hydroxylation is 1. The lowest BCUT2D eigenvalue weighted by molar-refractivity contribution is 0.0532. The summed E-state index contributed by atoms with van der Waals surface area (Å²) < 4.78 is 9.83. The van der Waals surface area contributed by atoms with Crippen LogP contribution < -0.4 is 5.32 Å². The van der Waals surface area contributed by atoms with Crippen molar-refractivity contribution in [3.63, 3.8) is 0 Å². The van der Waals surface area contributed by atoms with E-state index in [0.29, 0.717) is 12.1 Å². The molecule has 0 aliphatic rings. The maximum Gasteiger partial charge on any atom is 0.407 e. The first-order chi connectivity index (χ1) is 10.2. The van der Waals surface area contributed by atoms with Gasteiger partial charge in [-0.2, -0.15) is 0 Å². The first kappa shape index (κ1) is 17.8. The van der Waals surface area contributed by atoms with E-state index >= 15 is 0 Å². The van der Waals surface area contributed by atoms with Crippen LogP contribution in [0.25, 0.3) is 6.08 Å². The molecule has 1 rings (SSSR count). The Balaban J connectivity index is 2.63. The number of rotatable bonds is 4. The van der Waals surface area contributed by atoms with Crippen molar-refractivity contribution in [2.75, 3.05) is 13.7 Å². The molecule has 120 valence electrons. The largest absolute Gasteiger partial charge is 0.465 e. The Morgan fingerprint density at radius 3 is 2.55 bits per heavy atom. The van der Waals surface area contributed by atoms with Crippen molar-refractivity contribution < 1.29 is 19.1 Å². The highest BCUT2D eigenvalue weighted by Gasteiger charge is 2.15. The van der Waals surface area contributed by atoms with Crippen molar-refractivity contribution in [2.24, 2.45) is 0 Å². The molecular formula is C17H23NO4. The maximum absolute atomic E-state index is 11.5. The van der Waals surface area contributed by atoms with Crippen LogP contribution in [0.3, 0.4) is 0 Å². The Hall–Kier alpha value is -2.30. The van der Waals surface area contributed by atoms with Crippen LogP contribution in [0, 0.1) is 6.92 Å². The van der Waals surface area contributed by atoms with Gasteiger partial charge >= 0.3 is 12.1 Å². The third kappa shape index (κ3) is 5.99. The standard InChI is InChI=1S/C17H23NO4/c1-12-8-9-14(15(19)21-5)11-13(12)7-6-10-18-16(20)22-17(2,3)4/h6-9,11H,10H2,1-5H3,(H,18,20). The molecule has 0 aliphatic heterocycles. The Morgan fingerprint density at radius 2 is 1.95 bits per heavy atom. The van der Waals surface area contributed by atoms with Gasteiger partial charge in [0.25, 0.3) is 0 Å². The molecule has 0 spiro atoms. The SMILES string of the molecule is COC(=O)c1ccc(C)c(C=CCNC(=O)OC(C)(C)C)c1. The number of nitrogens with one attached hydrogen (secondary N) is 1. The summed E-state index contributed by atoms with van der Waals surface area (Å²) in [5.41, 5.74) is 1.90. The molecule has 0 saturated carbocycles. The molecule has 1 amide bonds. The van der Waals surface area contributed by atoms with Gasteiger partial charge in [-0.15, -0.1) is 0 Å². The second-order valence-electron chi connectivity index (χ2n) is 5.85. The lowest BCUT2D eigenvalue weighted by Crippen LogP contribution is -2.32. The van der Waals surface area contributed by atoms with Crippen molar-refractivity contribution in [1.29, 1.82) is 0 Å². The number of benzene rings is 1. The normalized spacial score (nSPS) is 11.3. The average molecular weight is 305 g/mol.